The van der Waals surface area contributed by atoms with Gasteiger partial charge in [-0.15, -0.1) is 11.6 Å². The monoisotopic (exact) mass is 229 g/mol. The van der Waals surface area contributed by atoms with Crippen LogP contribution in [0.2, 0.25) is 0 Å². The molecule has 2 aliphatic rings. The van der Waals surface area contributed by atoms with Crippen molar-refractivity contribution in [2.75, 3.05) is 19.0 Å². The summed E-state index contributed by atoms with van der Waals surface area (Å²) in [6, 6.07) is 0. The molecule has 86 valence electrons. The Morgan fingerprint density at radius 3 is 2.20 bits per heavy atom. The number of likely N-dealkylation sites (tertiary alicyclic amines) is 1. The number of hydrogen-bond acceptors (Lipinski definition) is 1. The summed E-state index contributed by atoms with van der Waals surface area (Å²) in [5, 5.41) is 0. The number of carbonyl (C=O) groups excluding carboxylic acids is 1. The zero-order chi connectivity index (χ0) is 10.7. The summed E-state index contributed by atoms with van der Waals surface area (Å²) in [6.45, 7) is 1.87. The van der Waals surface area contributed by atoms with Gasteiger partial charge in [0.2, 0.25) is 5.91 Å². The predicted molar refractivity (Wildman–Crippen MR) is 62.1 cm³/mol. The van der Waals surface area contributed by atoms with E-state index in [9.17, 15) is 4.79 Å². The van der Waals surface area contributed by atoms with Crippen molar-refractivity contribution < 1.29 is 4.79 Å². The summed E-state index contributed by atoms with van der Waals surface area (Å²) in [7, 11) is 0. The molecule has 1 saturated heterocycles. The van der Waals surface area contributed by atoms with Crippen LogP contribution >= 0.6 is 11.6 Å². The second kappa shape index (κ2) is 4.73. The van der Waals surface area contributed by atoms with Crippen LogP contribution in [0.3, 0.4) is 0 Å². The number of nitrogens with zero attached hydrogens (tertiary/aromatic N) is 1. The molecule has 0 radical (unpaired) electrons. The van der Waals surface area contributed by atoms with Crippen LogP contribution in [0.5, 0.6) is 0 Å². The van der Waals surface area contributed by atoms with Crippen molar-refractivity contribution in [3.8, 4) is 0 Å². The highest BCUT2D eigenvalue weighted by atomic mass is 35.5. The van der Waals surface area contributed by atoms with Gasteiger partial charge in [-0.3, -0.25) is 4.79 Å². The summed E-state index contributed by atoms with van der Waals surface area (Å²) >= 11 is 5.57. The quantitative estimate of drug-likeness (QED) is 0.634. The van der Waals surface area contributed by atoms with E-state index < -0.39 is 0 Å². The Morgan fingerprint density at radius 2 is 1.67 bits per heavy atom. The molecule has 2 fully saturated rings. The fraction of sp³-hybridized carbons (Fsp3) is 0.917. The molecule has 1 spiro atoms. The topological polar surface area (TPSA) is 20.3 Å². The molecule has 0 aromatic carbocycles. The first-order valence-corrected chi connectivity index (χ1v) is 6.63. The minimum atomic E-state index is 0.113. The number of carbonyl (C=O) groups is 1. The Kier molecular flexibility index (Phi) is 3.55. The molecule has 2 rings (SSSR count). The molecule has 0 aromatic rings. The van der Waals surface area contributed by atoms with Crippen molar-refractivity contribution in [1.82, 2.24) is 4.90 Å². The average molecular weight is 230 g/mol. The molecule has 1 aliphatic carbocycles. The number of rotatable bonds is 1. The third-order valence-corrected chi connectivity index (χ3v) is 4.43. The summed E-state index contributed by atoms with van der Waals surface area (Å²) in [4.78, 5) is 13.4. The summed E-state index contributed by atoms with van der Waals surface area (Å²) in [6.07, 6.45) is 9.37. The molecule has 0 unspecified atom stereocenters. The van der Waals surface area contributed by atoms with Crippen molar-refractivity contribution in [3.63, 3.8) is 0 Å². The van der Waals surface area contributed by atoms with Gasteiger partial charge in [-0.05, 0) is 31.1 Å². The third kappa shape index (κ3) is 2.47. The van der Waals surface area contributed by atoms with Crippen LogP contribution in [0.1, 0.15) is 44.9 Å². The zero-order valence-corrected chi connectivity index (χ0v) is 10.1. The Bertz CT molecular complexity index is 226. The summed E-state index contributed by atoms with van der Waals surface area (Å²) in [5.41, 5.74) is 0.585. The van der Waals surface area contributed by atoms with E-state index in [1.807, 2.05) is 4.90 Å². The van der Waals surface area contributed by atoms with Gasteiger partial charge < -0.3 is 4.90 Å². The Hall–Kier alpha value is -0.240. The fourth-order valence-corrected chi connectivity index (χ4v) is 3.29. The van der Waals surface area contributed by atoms with E-state index in [2.05, 4.69) is 0 Å². The van der Waals surface area contributed by atoms with E-state index in [0.29, 0.717) is 5.41 Å². The number of alkyl halides is 1. The van der Waals surface area contributed by atoms with Crippen LogP contribution in [0.25, 0.3) is 0 Å². The van der Waals surface area contributed by atoms with Gasteiger partial charge in [-0.1, -0.05) is 19.3 Å². The molecule has 3 heteroatoms. The predicted octanol–water partition coefficient (Wildman–Crippen LogP) is 2.80. The van der Waals surface area contributed by atoms with Crippen LogP contribution in [0.15, 0.2) is 0 Å². The minimum absolute atomic E-state index is 0.113. The van der Waals surface area contributed by atoms with Crippen LogP contribution in [0.4, 0.5) is 0 Å². The van der Waals surface area contributed by atoms with E-state index >= 15 is 0 Å². The molecule has 0 atom stereocenters. The highest BCUT2D eigenvalue weighted by molar-refractivity contribution is 6.27. The van der Waals surface area contributed by atoms with Gasteiger partial charge in [0.15, 0.2) is 0 Å². The first-order chi connectivity index (χ1) is 7.26. The lowest BCUT2D eigenvalue weighted by atomic mass is 9.68. The largest absolute Gasteiger partial charge is 0.342 e. The van der Waals surface area contributed by atoms with E-state index in [4.69, 9.17) is 11.6 Å². The molecular weight excluding hydrogens is 210 g/mol. The number of halogens is 1. The van der Waals surface area contributed by atoms with Gasteiger partial charge in [0, 0.05) is 13.1 Å². The van der Waals surface area contributed by atoms with Crippen LogP contribution in [-0.4, -0.2) is 29.8 Å². The highest BCUT2D eigenvalue weighted by Gasteiger charge is 2.36. The van der Waals surface area contributed by atoms with Gasteiger partial charge >= 0.3 is 0 Å². The lowest BCUT2D eigenvalue weighted by molar-refractivity contribution is -0.131. The second-order valence-electron chi connectivity index (χ2n) is 5.08. The van der Waals surface area contributed by atoms with Gasteiger partial charge in [-0.2, -0.15) is 0 Å². The van der Waals surface area contributed by atoms with Gasteiger partial charge in [-0.25, -0.2) is 0 Å². The molecule has 1 heterocycles. The lowest BCUT2D eigenvalue weighted by Crippen LogP contribution is -2.44. The Morgan fingerprint density at radius 1 is 1.07 bits per heavy atom. The van der Waals surface area contributed by atoms with Crippen LogP contribution < -0.4 is 0 Å². The standard InChI is InChI=1S/C12H20ClNO/c13-10-11(15)14-8-6-12(7-9-14)4-2-1-3-5-12/h1-10H2. The molecule has 15 heavy (non-hydrogen) atoms. The maximum atomic E-state index is 11.4. The molecule has 1 amide bonds. The smallest absolute Gasteiger partial charge is 0.237 e. The summed E-state index contributed by atoms with van der Waals surface area (Å²) < 4.78 is 0. The van der Waals surface area contributed by atoms with Crippen molar-refractivity contribution in [3.05, 3.63) is 0 Å². The highest BCUT2D eigenvalue weighted by Crippen LogP contribution is 2.44. The minimum Gasteiger partial charge on any atom is -0.342 e. The zero-order valence-electron chi connectivity index (χ0n) is 9.30. The van der Waals surface area contributed by atoms with Gasteiger partial charge in [0.05, 0.1) is 0 Å². The number of amides is 1. The molecule has 1 saturated carbocycles. The Balaban J connectivity index is 1.88. The van der Waals surface area contributed by atoms with Crippen molar-refractivity contribution in [2.24, 2.45) is 5.41 Å². The molecule has 2 nitrogen and oxygen atoms in total. The van der Waals surface area contributed by atoms with Gasteiger partial charge in [0.25, 0.3) is 0 Å². The maximum Gasteiger partial charge on any atom is 0.237 e. The van der Waals surface area contributed by atoms with E-state index in [1.165, 1.54) is 44.9 Å². The normalized spacial score (nSPS) is 25.5. The molecule has 0 bridgehead atoms. The lowest BCUT2D eigenvalue weighted by Gasteiger charge is -2.44. The van der Waals surface area contributed by atoms with Crippen molar-refractivity contribution >= 4 is 17.5 Å². The van der Waals surface area contributed by atoms with Gasteiger partial charge in [0.1, 0.15) is 5.88 Å². The first-order valence-electron chi connectivity index (χ1n) is 6.10. The van der Waals surface area contributed by atoms with Crippen molar-refractivity contribution in [2.45, 2.75) is 44.9 Å². The number of hydrogen-bond donors (Lipinski definition) is 0. The molecule has 0 N–H and O–H groups in total. The summed E-state index contributed by atoms with van der Waals surface area (Å²) in [5.74, 6) is 0.259. The molecule has 1 aliphatic heterocycles. The van der Waals surface area contributed by atoms with E-state index in [1.54, 1.807) is 0 Å². The fourth-order valence-electron chi connectivity index (χ4n) is 3.12. The number of piperidine rings is 1. The maximum absolute atomic E-state index is 11.4. The average Bonchev–Trinajstić information content (AvgIpc) is 2.30. The Labute approximate surface area is 97.0 Å². The SMILES string of the molecule is O=C(CCl)N1CCC2(CCCCC2)CC1. The van der Waals surface area contributed by atoms with Crippen LogP contribution in [-0.2, 0) is 4.79 Å². The van der Waals surface area contributed by atoms with Crippen molar-refractivity contribution in [1.29, 1.82) is 0 Å². The molecule has 0 aromatic heterocycles. The van der Waals surface area contributed by atoms with E-state index in [-0.39, 0.29) is 11.8 Å². The third-order valence-electron chi connectivity index (χ3n) is 4.21. The second-order valence-corrected chi connectivity index (χ2v) is 5.34. The van der Waals surface area contributed by atoms with Crippen LogP contribution in [0, 0.1) is 5.41 Å². The molecular formula is C12H20ClNO. The first kappa shape index (κ1) is 11.3. The van der Waals surface area contributed by atoms with E-state index in [0.717, 1.165) is 13.1 Å².